The maximum absolute atomic E-state index is 13.4. The van der Waals surface area contributed by atoms with E-state index in [4.69, 9.17) is 9.15 Å². The van der Waals surface area contributed by atoms with Crippen molar-refractivity contribution in [3.05, 3.63) is 57.0 Å². The quantitative estimate of drug-likeness (QED) is 0.321. The minimum atomic E-state index is -0.218. The molecule has 0 aliphatic heterocycles. The van der Waals surface area contributed by atoms with Crippen molar-refractivity contribution in [2.24, 2.45) is 0 Å². The van der Waals surface area contributed by atoms with Gasteiger partial charge < -0.3 is 19.2 Å². The normalized spacial score (nSPS) is 15.3. The standard InChI is InChI=1S/C26H25N3O5/c1-33-20-12-14(8-11-18(20)31)21-22-25(29(28-26(22)32)15-6-4-2-3-5-7-15)27-23-17-10-9-16(30)13-19(17)34-24(21)23/h8-13,15,27,31H,2-7H2,1H3,(H,28,32). The van der Waals surface area contributed by atoms with Gasteiger partial charge in [0.15, 0.2) is 22.5 Å². The lowest BCUT2D eigenvalue weighted by molar-refractivity contribution is 0.373. The van der Waals surface area contributed by atoms with Crippen LogP contribution in [0.1, 0.15) is 44.6 Å². The Balaban J connectivity index is 1.74. The van der Waals surface area contributed by atoms with Crippen LogP contribution < -0.4 is 15.7 Å². The smallest absolute Gasteiger partial charge is 0.274 e. The fourth-order valence-electron chi connectivity index (χ4n) is 5.31. The molecule has 0 atom stereocenters. The number of pyridine rings is 1. The molecule has 3 heterocycles. The molecule has 2 aromatic carbocycles. The highest BCUT2D eigenvalue weighted by molar-refractivity contribution is 6.14. The largest absolute Gasteiger partial charge is 0.504 e. The van der Waals surface area contributed by atoms with Gasteiger partial charge >= 0.3 is 0 Å². The maximum atomic E-state index is 13.4. The Hall–Kier alpha value is -3.94. The van der Waals surface area contributed by atoms with Crippen LogP contribution in [0, 0.1) is 0 Å². The molecule has 5 aromatic rings. The van der Waals surface area contributed by atoms with Crippen LogP contribution in [0.4, 0.5) is 0 Å². The molecule has 34 heavy (non-hydrogen) atoms. The van der Waals surface area contributed by atoms with Crippen LogP contribution in [0.3, 0.4) is 0 Å². The average Bonchev–Trinajstić information content (AvgIpc) is 3.21. The zero-order chi connectivity index (χ0) is 23.4. The van der Waals surface area contributed by atoms with Crippen molar-refractivity contribution in [2.75, 3.05) is 7.11 Å². The van der Waals surface area contributed by atoms with Crippen molar-refractivity contribution in [2.45, 2.75) is 44.6 Å². The third-order valence-electron chi connectivity index (χ3n) is 6.97. The Labute approximate surface area is 193 Å². The number of ether oxygens (including phenoxy) is 1. The summed E-state index contributed by atoms with van der Waals surface area (Å²) in [7, 11) is 1.48. The highest BCUT2D eigenvalue weighted by Gasteiger charge is 2.25. The van der Waals surface area contributed by atoms with Crippen LogP contribution in [0.15, 0.2) is 50.4 Å². The summed E-state index contributed by atoms with van der Waals surface area (Å²) in [4.78, 5) is 28.8. The summed E-state index contributed by atoms with van der Waals surface area (Å²) in [5.74, 6) is 0.302. The highest BCUT2D eigenvalue weighted by Crippen LogP contribution is 2.41. The first-order valence-corrected chi connectivity index (χ1v) is 11.7. The zero-order valence-electron chi connectivity index (χ0n) is 18.8. The summed E-state index contributed by atoms with van der Waals surface area (Å²) in [6.45, 7) is 0. The fourth-order valence-corrected chi connectivity index (χ4v) is 5.31. The van der Waals surface area contributed by atoms with Crippen molar-refractivity contribution in [3.8, 4) is 22.6 Å². The second-order valence-electron chi connectivity index (χ2n) is 9.03. The monoisotopic (exact) mass is 459 g/mol. The first-order chi connectivity index (χ1) is 16.5. The summed E-state index contributed by atoms with van der Waals surface area (Å²) in [6.07, 6.45) is 6.65. The maximum Gasteiger partial charge on any atom is 0.274 e. The minimum Gasteiger partial charge on any atom is -0.504 e. The molecular weight excluding hydrogens is 434 g/mol. The molecule has 0 unspecified atom stereocenters. The van der Waals surface area contributed by atoms with Crippen LogP contribution in [-0.4, -0.2) is 27.0 Å². The Morgan fingerprint density at radius 3 is 2.62 bits per heavy atom. The third kappa shape index (κ3) is 3.13. The fraction of sp³-hybridized carbons (Fsp3) is 0.308. The number of benzene rings is 2. The van der Waals surface area contributed by atoms with Gasteiger partial charge in [-0.1, -0.05) is 31.7 Å². The number of rotatable bonds is 3. The van der Waals surface area contributed by atoms with E-state index in [9.17, 15) is 14.7 Å². The number of aromatic amines is 2. The van der Waals surface area contributed by atoms with Gasteiger partial charge in [0.25, 0.3) is 5.56 Å². The number of hydrogen-bond donors (Lipinski definition) is 3. The van der Waals surface area contributed by atoms with Crippen molar-refractivity contribution >= 4 is 33.1 Å². The number of phenolic OH excluding ortho intramolecular Hbond substituents is 1. The number of aromatic hydroxyl groups is 1. The minimum absolute atomic E-state index is 0.00627. The lowest BCUT2D eigenvalue weighted by Gasteiger charge is -2.17. The van der Waals surface area contributed by atoms with E-state index in [-0.39, 0.29) is 22.8 Å². The predicted octanol–water partition coefficient (Wildman–Crippen LogP) is 5.19. The van der Waals surface area contributed by atoms with E-state index in [1.54, 1.807) is 18.2 Å². The van der Waals surface area contributed by atoms with E-state index in [0.717, 1.165) is 31.1 Å². The van der Waals surface area contributed by atoms with Crippen molar-refractivity contribution in [1.29, 1.82) is 0 Å². The van der Waals surface area contributed by atoms with Crippen molar-refractivity contribution in [3.63, 3.8) is 0 Å². The number of phenols is 1. The molecule has 0 saturated heterocycles. The first kappa shape index (κ1) is 20.7. The Morgan fingerprint density at radius 1 is 1.06 bits per heavy atom. The van der Waals surface area contributed by atoms with E-state index in [1.165, 1.54) is 38.2 Å². The van der Waals surface area contributed by atoms with Gasteiger partial charge in [0.05, 0.1) is 24.1 Å². The molecule has 8 nitrogen and oxygen atoms in total. The molecular formula is C26H25N3O5. The number of aromatic nitrogens is 3. The third-order valence-corrected chi connectivity index (χ3v) is 6.97. The van der Waals surface area contributed by atoms with Gasteiger partial charge in [-0.05, 0) is 42.7 Å². The number of nitrogens with zero attached hydrogens (tertiary/aromatic N) is 1. The molecule has 1 aliphatic carbocycles. The summed E-state index contributed by atoms with van der Waals surface area (Å²) < 4.78 is 13.5. The average molecular weight is 460 g/mol. The SMILES string of the molecule is COc1cc(-c2c3oc4cc(=O)ccc4c3[nH]c3c2c(=O)[nH]n3C2CCCCCC2)ccc1O. The molecule has 3 N–H and O–H groups in total. The van der Waals surface area contributed by atoms with Crippen LogP contribution in [-0.2, 0) is 0 Å². The summed E-state index contributed by atoms with van der Waals surface area (Å²) in [5, 5.41) is 14.5. The van der Waals surface area contributed by atoms with Crippen LogP contribution in [0.25, 0.3) is 44.2 Å². The second kappa shape index (κ2) is 7.83. The summed E-state index contributed by atoms with van der Waals surface area (Å²) in [6, 6.07) is 9.87. The summed E-state index contributed by atoms with van der Waals surface area (Å²) in [5.41, 5.74) is 3.24. The van der Waals surface area contributed by atoms with Crippen molar-refractivity contribution in [1.82, 2.24) is 14.8 Å². The predicted molar refractivity (Wildman–Crippen MR) is 131 cm³/mol. The van der Waals surface area contributed by atoms with Gasteiger partial charge in [-0.2, -0.15) is 0 Å². The first-order valence-electron chi connectivity index (χ1n) is 11.7. The topological polar surface area (TPSA) is 113 Å². The Kier molecular flexibility index (Phi) is 4.76. The van der Waals surface area contributed by atoms with Crippen molar-refractivity contribution < 1.29 is 14.3 Å². The molecule has 174 valence electrons. The van der Waals surface area contributed by atoms with E-state index < -0.39 is 0 Å². The van der Waals surface area contributed by atoms with Gasteiger partial charge in [-0.25, -0.2) is 0 Å². The number of H-pyrrole nitrogens is 2. The Bertz CT molecular complexity index is 1660. The van der Waals surface area contributed by atoms with E-state index in [2.05, 4.69) is 10.1 Å². The molecule has 8 heteroatoms. The van der Waals surface area contributed by atoms with Gasteiger partial charge in [0.2, 0.25) is 0 Å². The van der Waals surface area contributed by atoms with Crippen LogP contribution >= 0.6 is 0 Å². The highest BCUT2D eigenvalue weighted by atomic mass is 16.5. The second-order valence-corrected chi connectivity index (χ2v) is 9.03. The molecule has 1 saturated carbocycles. The lowest BCUT2D eigenvalue weighted by Crippen LogP contribution is -2.13. The Morgan fingerprint density at radius 2 is 1.85 bits per heavy atom. The molecule has 0 bridgehead atoms. The van der Waals surface area contributed by atoms with Gasteiger partial charge in [-0.15, -0.1) is 0 Å². The van der Waals surface area contributed by atoms with Crippen LogP contribution in [0.2, 0.25) is 0 Å². The molecule has 0 radical (unpaired) electrons. The molecule has 1 fully saturated rings. The molecule has 0 spiro atoms. The van der Waals surface area contributed by atoms with E-state index in [0.29, 0.717) is 44.6 Å². The summed E-state index contributed by atoms with van der Waals surface area (Å²) >= 11 is 0. The molecule has 0 amide bonds. The number of methoxy groups -OCH3 is 1. The lowest BCUT2D eigenvalue weighted by atomic mass is 10.0. The number of hydrogen-bond acceptors (Lipinski definition) is 5. The number of nitrogens with one attached hydrogen (secondary N) is 2. The number of furan rings is 1. The van der Waals surface area contributed by atoms with Gasteiger partial charge in [-0.3, -0.25) is 19.4 Å². The van der Waals surface area contributed by atoms with Gasteiger partial charge in [0.1, 0.15) is 11.2 Å². The van der Waals surface area contributed by atoms with Crippen LogP contribution in [0.5, 0.6) is 11.5 Å². The number of fused-ring (bicyclic) bond motifs is 4. The molecule has 3 aromatic heterocycles. The van der Waals surface area contributed by atoms with Gasteiger partial charge in [0, 0.05) is 17.0 Å². The van der Waals surface area contributed by atoms with E-state index >= 15 is 0 Å². The molecule has 1 aliphatic rings. The zero-order valence-corrected chi connectivity index (χ0v) is 18.8. The van der Waals surface area contributed by atoms with E-state index in [1.807, 2.05) is 4.68 Å². The molecule has 6 rings (SSSR count).